The molecule has 1 aromatic heterocycles. The number of halogens is 1. The summed E-state index contributed by atoms with van der Waals surface area (Å²) in [6, 6.07) is 16.5. The number of hydrogen-bond donors (Lipinski definition) is 1. The maximum atomic E-state index is 13.0. The first-order chi connectivity index (χ1) is 15.6. The summed E-state index contributed by atoms with van der Waals surface area (Å²) in [4.78, 5) is 22.0. The highest BCUT2D eigenvalue weighted by Gasteiger charge is 2.25. The van der Waals surface area contributed by atoms with Crippen molar-refractivity contribution in [2.45, 2.75) is 25.9 Å². The van der Waals surface area contributed by atoms with Crippen molar-refractivity contribution >= 4 is 17.2 Å². The van der Waals surface area contributed by atoms with Gasteiger partial charge in [-0.3, -0.25) is 14.6 Å². The Morgan fingerprint density at radius 2 is 1.81 bits per heavy atom. The molecular weight excluding hydrogens is 423 g/mol. The maximum Gasteiger partial charge on any atom is 0.237 e. The van der Waals surface area contributed by atoms with Gasteiger partial charge in [0.25, 0.3) is 0 Å². The number of amides is 1. The first kappa shape index (κ1) is 22.6. The third-order valence-electron chi connectivity index (χ3n) is 5.92. The number of carbonyl (C=O) groups excluding carboxylic acids is 1. The molecule has 32 heavy (non-hydrogen) atoms. The second-order valence-electron chi connectivity index (χ2n) is 8.17. The first-order valence-corrected chi connectivity index (χ1v) is 11.9. The summed E-state index contributed by atoms with van der Waals surface area (Å²) in [7, 11) is 0. The normalized spacial score (nSPS) is 16.1. The monoisotopic (exact) mass is 452 g/mol. The molecule has 5 nitrogen and oxygen atoms in total. The zero-order chi connectivity index (χ0) is 22.3. The summed E-state index contributed by atoms with van der Waals surface area (Å²) in [5, 5.41) is 6.22. The Morgan fingerprint density at radius 1 is 1.09 bits per heavy atom. The van der Waals surface area contributed by atoms with Crippen molar-refractivity contribution in [3.63, 3.8) is 0 Å². The van der Waals surface area contributed by atoms with Gasteiger partial charge in [0.05, 0.1) is 11.7 Å². The lowest BCUT2D eigenvalue weighted by atomic mass is 10.1. The number of piperazine rings is 1. The van der Waals surface area contributed by atoms with Crippen molar-refractivity contribution < 1.29 is 9.18 Å². The van der Waals surface area contributed by atoms with Gasteiger partial charge in [-0.05, 0) is 31.0 Å². The highest BCUT2D eigenvalue weighted by Crippen LogP contribution is 2.24. The van der Waals surface area contributed by atoms with Gasteiger partial charge in [0.1, 0.15) is 10.8 Å². The van der Waals surface area contributed by atoms with E-state index in [9.17, 15) is 9.18 Å². The third-order valence-corrected chi connectivity index (χ3v) is 6.86. The van der Waals surface area contributed by atoms with E-state index in [-0.39, 0.29) is 17.8 Å². The highest BCUT2D eigenvalue weighted by atomic mass is 32.1. The fraction of sp³-hybridized carbons (Fsp3) is 0.360. The molecule has 4 rings (SSSR count). The number of nitrogens with one attached hydrogen (secondary N) is 1. The van der Waals surface area contributed by atoms with E-state index < -0.39 is 0 Å². The van der Waals surface area contributed by atoms with Crippen LogP contribution >= 0.6 is 11.3 Å². The zero-order valence-electron chi connectivity index (χ0n) is 18.3. The van der Waals surface area contributed by atoms with Crippen LogP contribution in [0.5, 0.6) is 0 Å². The fourth-order valence-electron chi connectivity index (χ4n) is 3.93. The lowest BCUT2D eigenvalue weighted by molar-refractivity contribution is -0.126. The molecule has 0 aliphatic carbocycles. The molecule has 1 aliphatic heterocycles. The molecule has 2 heterocycles. The Labute approximate surface area is 192 Å². The molecule has 0 bridgehead atoms. The number of benzene rings is 2. The summed E-state index contributed by atoms with van der Waals surface area (Å²) >= 11 is 1.69. The lowest BCUT2D eigenvalue weighted by Crippen LogP contribution is -2.53. The van der Waals surface area contributed by atoms with Crippen molar-refractivity contribution in [2.24, 2.45) is 0 Å². The fourth-order valence-corrected chi connectivity index (χ4v) is 4.74. The number of hydrogen-bond acceptors (Lipinski definition) is 5. The van der Waals surface area contributed by atoms with Crippen LogP contribution in [0.3, 0.4) is 0 Å². The largest absolute Gasteiger partial charge is 0.354 e. The van der Waals surface area contributed by atoms with Gasteiger partial charge in [-0.2, -0.15) is 0 Å². The van der Waals surface area contributed by atoms with E-state index in [0.29, 0.717) is 13.0 Å². The van der Waals surface area contributed by atoms with Crippen LogP contribution in [0.1, 0.15) is 18.2 Å². The Morgan fingerprint density at radius 3 is 2.53 bits per heavy atom. The molecule has 2 aromatic carbocycles. The van der Waals surface area contributed by atoms with Crippen molar-refractivity contribution in [1.29, 1.82) is 0 Å². The highest BCUT2D eigenvalue weighted by molar-refractivity contribution is 7.13. The van der Waals surface area contributed by atoms with Crippen LogP contribution in [0.4, 0.5) is 4.39 Å². The van der Waals surface area contributed by atoms with Gasteiger partial charge in [-0.15, -0.1) is 11.3 Å². The number of thiazole rings is 1. The van der Waals surface area contributed by atoms with Crippen LogP contribution in [0.25, 0.3) is 10.6 Å². The molecule has 1 unspecified atom stereocenters. The van der Waals surface area contributed by atoms with Crippen LogP contribution in [-0.4, -0.2) is 59.5 Å². The first-order valence-electron chi connectivity index (χ1n) is 11.1. The van der Waals surface area contributed by atoms with Crippen molar-refractivity contribution in [3.8, 4) is 10.6 Å². The van der Waals surface area contributed by atoms with Gasteiger partial charge in [-0.25, -0.2) is 9.37 Å². The van der Waals surface area contributed by atoms with E-state index in [4.69, 9.17) is 4.98 Å². The molecule has 0 radical (unpaired) electrons. The van der Waals surface area contributed by atoms with Gasteiger partial charge in [0.15, 0.2) is 0 Å². The Hall–Kier alpha value is -2.61. The van der Waals surface area contributed by atoms with Gasteiger partial charge in [0.2, 0.25) is 5.91 Å². The topological polar surface area (TPSA) is 48.5 Å². The van der Waals surface area contributed by atoms with E-state index in [1.807, 2.05) is 25.1 Å². The zero-order valence-corrected chi connectivity index (χ0v) is 19.2. The Kier molecular flexibility index (Phi) is 7.63. The molecule has 1 amide bonds. The van der Waals surface area contributed by atoms with Crippen LogP contribution in [-0.2, 0) is 17.8 Å². The summed E-state index contributed by atoms with van der Waals surface area (Å²) in [6.45, 7) is 6.94. The predicted molar refractivity (Wildman–Crippen MR) is 127 cm³/mol. The van der Waals surface area contributed by atoms with Crippen LogP contribution in [0.15, 0.2) is 60.0 Å². The van der Waals surface area contributed by atoms with Crippen LogP contribution < -0.4 is 5.32 Å². The Balaban J connectivity index is 1.19. The SMILES string of the molecule is CC(C(=O)NCCc1ccc(F)cc1)N1CCN(Cc2csc(-c3ccccc3)n2)CC1. The summed E-state index contributed by atoms with van der Waals surface area (Å²) < 4.78 is 13.0. The quantitative estimate of drug-likeness (QED) is 0.565. The molecule has 1 fully saturated rings. The summed E-state index contributed by atoms with van der Waals surface area (Å²) in [5.74, 6) is -0.190. The van der Waals surface area contributed by atoms with Crippen molar-refractivity contribution in [2.75, 3.05) is 32.7 Å². The second-order valence-corrected chi connectivity index (χ2v) is 9.02. The van der Waals surface area contributed by atoms with Gasteiger partial charge in [0, 0.05) is 50.2 Å². The second kappa shape index (κ2) is 10.8. The minimum absolute atomic E-state index is 0.0487. The Bertz CT molecular complexity index is 1000. The lowest BCUT2D eigenvalue weighted by Gasteiger charge is -2.37. The minimum Gasteiger partial charge on any atom is -0.354 e. The average molecular weight is 453 g/mol. The molecular formula is C25H29FN4OS. The van der Waals surface area contributed by atoms with Crippen LogP contribution in [0, 0.1) is 5.82 Å². The maximum absolute atomic E-state index is 13.0. The van der Waals surface area contributed by atoms with E-state index in [1.165, 1.54) is 12.1 Å². The molecule has 0 saturated carbocycles. The van der Waals surface area contributed by atoms with E-state index in [2.05, 4.69) is 32.6 Å². The average Bonchev–Trinajstić information content (AvgIpc) is 3.29. The molecule has 168 valence electrons. The van der Waals surface area contributed by atoms with E-state index in [0.717, 1.165) is 54.6 Å². The minimum atomic E-state index is -0.239. The van der Waals surface area contributed by atoms with E-state index >= 15 is 0 Å². The molecule has 7 heteroatoms. The van der Waals surface area contributed by atoms with Gasteiger partial charge in [-0.1, -0.05) is 42.5 Å². The summed E-state index contributed by atoms with van der Waals surface area (Å²) in [6.07, 6.45) is 0.700. The van der Waals surface area contributed by atoms with Gasteiger partial charge >= 0.3 is 0 Å². The predicted octanol–water partition coefficient (Wildman–Crippen LogP) is 3.81. The number of nitrogens with zero attached hydrogens (tertiary/aromatic N) is 3. The van der Waals surface area contributed by atoms with Crippen molar-refractivity contribution in [1.82, 2.24) is 20.1 Å². The van der Waals surface area contributed by atoms with E-state index in [1.54, 1.807) is 23.5 Å². The van der Waals surface area contributed by atoms with Crippen molar-refractivity contribution in [3.05, 3.63) is 77.1 Å². The number of aromatic nitrogens is 1. The molecule has 1 N–H and O–H groups in total. The summed E-state index contributed by atoms with van der Waals surface area (Å²) in [5.41, 5.74) is 3.28. The number of carbonyl (C=O) groups is 1. The third kappa shape index (κ3) is 6.00. The molecule has 3 aromatic rings. The molecule has 1 atom stereocenters. The molecule has 0 spiro atoms. The van der Waals surface area contributed by atoms with Gasteiger partial charge < -0.3 is 5.32 Å². The molecule has 1 aliphatic rings. The number of rotatable bonds is 8. The smallest absolute Gasteiger partial charge is 0.237 e. The molecule has 1 saturated heterocycles. The van der Waals surface area contributed by atoms with Crippen LogP contribution in [0.2, 0.25) is 0 Å². The standard InChI is InChI=1S/C25H29FN4OS/c1-19(24(31)27-12-11-20-7-9-22(26)10-8-20)30-15-13-29(14-16-30)17-23-18-32-25(28-23)21-5-3-2-4-6-21/h2-10,18-19H,11-17H2,1H3,(H,27,31).